The molecule has 0 aliphatic rings. The van der Waals surface area contributed by atoms with Crippen molar-refractivity contribution in [2.24, 2.45) is 0 Å². The third-order valence-corrected chi connectivity index (χ3v) is 5.78. The molecular formula is C17H15N3O3S2. The Balaban J connectivity index is 1.78. The lowest BCUT2D eigenvalue weighted by Gasteiger charge is -1.99. The summed E-state index contributed by atoms with van der Waals surface area (Å²) in [5.74, 6) is -0.187. The monoisotopic (exact) mass is 373 g/mol. The van der Waals surface area contributed by atoms with Crippen molar-refractivity contribution >= 4 is 39.4 Å². The Labute approximate surface area is 152 Å². The van der Waals surface area contributed by atoms with Crippen molar-refractivity contribution in [2.75, 3.05) is 5.32 Å². The number of amides is 1. The first-order chi connectivity index (χ1) is 12.0. The highest BCUT2D eigenvalue weighted by molar-refractivity contribution is 7.15. The van der Waals surface area contributed by atoms with Gasteiger partial charge in [-0.05, 0) is 25.0 Å². The number of nitrogens with zero attached hydrogens (tertiary/aromatic N) is 2. The van der Waals surface area contributed by atoms with Crippen molar-refractivity contribution < 1.29 is 9.72 Å². The van der Waals surface area contributed by atoms with Crippen LogP contribution in [0, 0.1) is 17.0 Å². The largest absolute Gasteiger partial charge is 0.297 e. The topological polar surface area (TPSA) is 85.1 Å². The van der Waals surface area contributed by atoms with Gasteiger partial charge in [-0.25, -0.2) is 4.98 Å². The van der Waals surface area contributed by atoms with Crippen LogP contribution in [-0.2, 0) is 6.42 Å². The van der Waals surface area contributed by atoms with Crippen LogP contribution in [0.4, 0.5) is 10.8 Å². The van der Waals surface area contributed by atoms with Crippen molar-refractivity contribution in [3.63, 3.8) is 0 Å². The Kier molecular flexibility index (Phi) is 4.91. The summed E-state index contributed by atoms with van der Waals surface area (Å²) in [6, 6.07) is 8.16. The normalized spacial score (nSPS) is 10.6. The number of aromatic nitrogens is 1. The number of nitro groups is 1. The minimum Gasteiger partial charge on any atom is -0.297 e. The van der Waals surface area contributed by atoms with E-state index in [1.54, 1.807) is 17.5 Å². The molecule has 0 spiro atoms. The molecule has 1 N–H and O–H groups in total. The number of nitrogens with one attached hydrogen (secondary N) is 1. The van der Waals surface area contributed by atoms with Crippen LogP contribution in [0.2, 0.25) is 0 Å². The number of rotatable bonds is 5. The number of hydrogen-bond acceptors (Lipinski definition) is 6. The van der Waals surface area contributed by atoms with Crippen LogP contribution in [0.15, 0.2) is 35.7 Å². The van der Waals surface area contributed by atoms with Crippen molar-refractivity contribution in [1.29, 1.82) is 0 Å². The van der Waals surface area contributed by atoms with Crippen molar-refractivity contribution in [3.8, 4) is 11.3 Å². The maximum atomic E-state index is 12.4. The molecule has 1 aromatic carbocycles. The fourth-order valence-electron chi connectivity index (χ4n) is 2.38. The lowest BCUT2D eigenvalue weighted by atomic mass is 10.1. The van der Waals surface area contributed by atoms with Gasteiger partial charge in [-0.1, -0.05) is 19.1 Å². The zero-order valence-corrected chi connectivity index (χ0v) is 15.2. The van der Waals surface area contributed by atoms with Crippen LogP contribution in [0.25, 0.3) is 11.3 Å². The highest BCUT2D eigenvalue weighted by Crippen LogP contribution is 2.28. The molecule has 0 bridgehead atoms. The van der Waals surface area contributed by atoms with Gasteiger partial charge in [0.1, 0.15) is 0 Å². The molecule has 25 heavy (non-hydrogen) atoms. The molecule has 0 fully saturated rings. The van der Waals surface area contributed by atoms with E-state index in [0.29, 0.717) is 21.3 Å². The Hall–Kier alpha value is -2.58. The van der Waals surface area contributed by atoms with E-state index >= 15 is 0 Å². The highest BCUT2D eigenvalue weighted by atomic mass is 32.1. The Bertz CT molecular complexity index is 946. The number of thiophene rings is 1. The second-order valence-electron chi connectivity index (χ2n) is 5.37. The maximum Gasteiger partial charge on any atom is 0.270 e. The van der Waals surface area contributed by atoms with Gasteiger partial charge in [-0.2, -0.15) is 0 Å². The van der Waals surface area contributed by atoms with Gasteiger partial charge in [-0.15, -0.1) is 22.7 Å². The lowest BCUT2D eigenvalue weighted by Crippen LogP contribution is -2.09. The van der Waals surface area contributed by atoms with E-state index in [0.717, 1.165) is 12.0 Å². The van der Waals surface area contributed by atoms with E-state index in [9.17, 15) is 14.9 Å². The molecule has 3 aromatic rings. The minimum atomic E-state index is -0.441. The van der Waals surface area contributed by atoms with E-state index in [4.69, 9.17) is 0 Å². The number of aryl methyl sites for hydroxylation is 2. The van der Waals surface area contributed by atoms with E-state index < -0.39 is 4.92 Å². The summed E-state index contributed by atoms with van der Waals surface area (Å²) in [4.78, 5) is 29.0. The number of carbonyl (C=O) groups excluding carboxylic acids is 1. The average Bonchev–Trinajstić information content (AvgIpc) is 3.21. The van der Waals surface area contributed by atoms with Crippen LogP contribution < -0.4 is 5.32 Å². The van der Waals surface area contributed by atoms with Crippen LogP contribution in [-0.4, -0.2) is 15.8 Å². The number of hydrogen-bond donors (Lipinski definition) is 1. The first-order valence-corrected chi connectivity index (χ1v) is 9.28. The van der Waals surface area contributed by atoms with Crippen LogP contribution in [0.1, 0.15) is 27.0 Å². The van der Waals surface area contributed by atoms with Gasteiger partial charge in [0.25, 0.3) is 11.6 Å². The molecule has 0 saturated carbocycles. The number of carbonyl (C=O) groups is 1. The lowest BCUT2D eigenvalue weighted by molar-refractivity contribution is -0.384. The van der Waals surface area contributed by atoms with Crippen LogP contribution in [0.3, 0.4) is 0 Å². The van der Waals surface area contributed by atoms with E-state index in [1.807, 2.05) is 13.0 Å². The maximum absolute atomic E-state index is 12.4. The number of thiazole rings is 1. The molecule has 2 aromatic heterocycles. The molecule has 6 nitrogen and oxygen atoms in total. The van der Waals surface area contributed by atoms with E-state index in [1.165, 1.54) is 39.7 Å². The molecule has 0 saturated heterocycles. The molecule has 0 atom stereocenters. The SMILES string of the molecule is CCc1sc(C(=O)Nc2nc(-c3cccc([N+](=O)[O-])c3)cs2)cc1C. The summed E-state index contributed by atoms with van der Waals surface area (Å²) < 4.78 is 0. The fraction of sp³-hybridized carbons (Fsp3) is 0.176. The molecule has 0 aliphatic heterocycles. The second kappa shape index (κ2) is 7.12. The van der Waals surface area contributed by atoms with Gasteiger partial charge in [0.15, 0.2) is 5.13 Å². The molecule has 1 amide bonds. The van der Waals surface area contributed by atoms with E-state index in [2.05, 4.69) is 17.2 Å². The summed E-state index contributed by atoms with van der Waals surface area (Å²) in [6.07, 6.45) is 0.901. The predicted molar refractivity (Wildman–Crippen MR) is 101 cm³/mol. The second-order valence-corrected chi connectivity index (χ2v) is 7.36. The Morgan fingerprint density at radius 3 is 2.84 bits per heavy atom. The highest BCUT2D eigenvalue weighted by Gasteiger charge is 2.15. The molecular weight excluding hydrogens is 358 g/mol. The molecule has 0 radical (unpaired) electrons. The summed E-state index contributed by atoms with van der Waals surface area (Å²) in [6.45, 7) is 4.06. The van der Waals surface area contributed by atoms with Crippen molar-refractivity contribution in [2.45, 2.75) is 20.3 Å². The molecule has 2 heterocycles. The van der Waals surface area contributed by atoms with Gasteiger partial charge < -0.3 is 0 Å². The summed E-state index contributed by atoms with van der Waals surface area (Å²) >= 11 is 2.78. The van der Waals surface area contributed by atoms with Crippen molar-refractivity contribution in [1.82, 2.24) is 4.98 Å². The molecule has 128 valence electrons. The van der Waals surface area contributed by atoms with Gasteiger partial charge >= 0.3 is 0 Å². The summed E-state index contributed by atoms with van der Waals surface area (Å²) in [7, 11) is 0. The van der Waals surface area contributed by atoms with Crippen LogP contribution in [0.5, 0.6) is 0 Å². The number of nitro benzene ring substituents is 1. The van der Waals surface area contributed by atoms with E-state index in [-0.39, 0.29) is 11.6 Å². The number of non-ortho nitro benzene ring substituents is 1. The number of benzene rings is 1. The van der Waals surface area contributed by atoms with Crippen LogP contribution >= 0.6 is 22.7 Å². The number of anilines is 1. The standard InChI is InChI=1S/C17H15N3O3S2/c1-3-14-10(2)7-15(25-14)16(21)19-17-18-13(9-24-17)11-5-4-6-12(8-11)20(22)23/h4-9H,3H2,1-2H3,(H,18,19,21). The third-order valence-electron chi connectivity index (χ3n) is 3.64. The summed E-state index contributed by atoms with van der Waals surface area (Å²) in [5, 5.41) is 15.9. The van der Waals surface area contributed by atoms with Gasteiger partial charge in [-0.3, -0.25) is 20.2 Å². The first-order valence-electron chi connectivity index (χ1n) is 7.59. The zero-order chi connectivity index (χ0) is 18.0. The smallest absolute Gasteiger partial charge is 0.270 e. The van der Waals surface area contributed by atoms with Crippen molar-refractivity contribution in [3.05, 3.63) is 61.1 Å². The molecule has 0 unspecified atom stereocenters. The molecule has 0 aliphatic carbocycles. The zero-order valence-electron chi connectivity index (χ0n) is 13.6. The molecule has 3 rings (SSSR count). The Morgan fingerprint density at radius 1 is 1.36 bits per heavy atom. The quantitative estimate of drug-likeness (QED) is 0.509. The molecule has 8 heteroatoms. The van der Waals surface area contributed by atoms with Gasteiger partial charge in [0.05, 0.1) is 15.5 Å². The van der Waals surface area contributed by atoms with Gasteiger partial charge in [0.2, 0.25) is 0 Å². The first kappa shape index (κ1) is 17.2. The average molecular weight is 373 g/mol. The third kappa shape index (κ3) is 3.75. The van der Waals surface area contributed by atoms with Gasteiger partial charge in [0, 0.05) is 28.0 Å². The fourth-order valence-corrected chi connectivity index (χ4v) is 4.11. The predicted octanol–water partition coefficient (Wildman–Crippen LogP) is 4.90. The Morgan fingerprint density at radius 2 is 2.16 bits per heavy atom. The minimum absolute atomic E-state index is 0.0113. The summed E-state index contributed by atoms with van der Waals surface area (Å²) in [5.41, 5.74) is 2.37.